The van der Waals surface area contributed by atoms with Gasteiger partial charge in [0.1, 0.15) is 0 Å². The van der Waals surface area contributed by atoms with Crippen molar-refractivity contribution in [1.82, 2.24) is 0 Å². The van der Waals surface area contributed by atoms with Crippen LogP contribution in [-0.4, -0.2) is 38.5 Å². The molecule has 5 heteroatoms. The van der Waals surface area contributed by atoms with E-state index in [-0.39, 0.29) is 38.5 Å². The maximum absolute atomic E-state index is 11.1. The summed E-state index contributed by atoms with van der Waals surface area (Å²) >= 11 is 0. The largest absolute Gasteiger partial charge is 0.419 e. The van der Waals surface area contributed by atoms with Crippen LogP contribution in [0.25, 0.3) is 0 Å². The number of ether oxygens (including phenoxy) is 2. The van der Waals surface area contributed by atoms with Crippen molar-refractivity contribution in [2.45, 2.75) is 26.7 Å². The molecular formula is C15H24O4Y-2. The third kappa shape index (κ3) is 23.0. The number of hydrogen-bond donors (Lipinski definition) is 0. The Balaban J connectivity index is -0.000000414. The molecule has 0 spiro atoms. The number of ketones is 1. The minimum absolute atomic E-state index is 0. The van der Waals surface area contributed by atoms with Gasteiger partial charge in [0.15, 0.2) is 5.78 Å². The molecule has 0 aromatic rings. The fraction of sp³-hybridized carbons (Fsp3) is 0.533. The number of hydrogen-bond acceptors (Lipinski definition) is 4. The molecular weight excluding hydrogens is 333 g/mol. The molecule has 0 aliphatic rings. The van der Waals surface area contributed by atoms with Crippen molar-refractivity contribution in [3.05, 3.63) is 31.2 Å². The van der Waals surface area contributed by atoms with Gasteiger partial charge in [0.05, 0.1) is 13.2 Å². The summed E-state index contributed by atoms with van der Waals surface area (Å²) in [7, 11) is 0. The third-order valence-electron chi connectivity index (χ3n) is 1.86. The summed E-state index contributed by atoms with van der Waals surface area (Å²) in [6, 6.07) is 0. The van der Waals surface area contributed by atoms with Crippen LogP contribution in [0.4, 0.5) is 0 Å². The van der Waals surface area contributed by atoms with Gasteiger partial charge in [-0.3, -0.25) is 4.79 Å². The molecule has 0 fully saturated rings. The van der Waals surface area contributed by atoms with Gasteiger partial charge in [-0.15, -0.1) is 0 Å². The SMILES string of the molecule is C=C(C)C(=O)CCCOCCOC[CH2-].C=C(C)[C-]=O.[Y]. The summed E-state index contributed by atoms with van der Waals surface area (Å²) in [6.07, 6.45) is 2.85. The van der Waals surface area contributed by atoms with Gasteiger partial charge in [-0.1, -0.05) is 20.1 Å². The van der Waals surface area contributed by atoms with Gasteiger partial charge < -0.3 is 21.2 Å². The second-order valence-electron chi connectivity index (χ2n) is 3.91. The predicted octanol–water partition coefficient (Wildman–Crippen LogP) is 2.45. The first-order valence-corrected chi connectivity index (χ1v) is 6.12. The maximum Gasteiger partial charge on any atom is 0.158 e. The van der Waals surface area contributed by atoms with E-state index in [1.165, 1.54) is 0 Å². The second-order valence-corrected chi connectivity index (χ2v) is 3.91. The molecule has 0 amide bonds. The van der Waals surface area contributed by atoms with E-state index < -0.39 is 0 Å². The van der Waals surface area contributed by atoms with Crippen molar-refractivity contribution in [3.8, 4) is 0 Å². The zero-order valence-electron chi connectivity index (χ0n) is 12.6. The minimum Gasteiger partial charge on any atom is -0.419 e. The first-order chi connectivity index (χ1) is 8.95. The molecule has 1 radical (unpaired) electrons. The van der Waals surface area contributed by atoms with Crippen molar-refractivity contribution in [2.75, 3.05) is 26.4 Å². The van der Waals surface area contributed by atoms with Crippen LogP contribution < -0.4 is 0 Å². The standard InChI is InChI=1S/C11H19O3.C4H5O.Y/c1-4-13-8-9-14-7-5-6-11(12)10(2)3;1-4(2)3-5;/h1-2,4-9H2,3H3;1H2,2H3;/q2*-1;. The number of allylic oxidation sites excluding steroid dienone is 2. The summed E-state index contributed by atoms with van der Waals surface area (Å²) in [5.41, 5.74) is 1.07. The molecule has 0 N–H and O–H groups in total. The zero-order chi connectivity index (χ0) is 15.1. The van der Waals surface area contributed by atoms with Gasteiger partial charge in [0.25, 0.3) is 0 Å². The summed E-state index contributed by atoms with van der Waals surface area (Å²) in [6.45, 7) is 15.9. The Morgan fingerprint density at radius 2 is 1.65 bits per heavy atom. The van der Waals surface area contributed by atoms with Gasteiger partial charge in [0.2, 0.25) is 0 Å². The van der Waals surface area contributed by atoms with Gasteiger partial charge in [-0.25, -0.2) is 6.58 Å². The Hall–Kier alpha value is -0.156. The van der Waals surface area contributed by atoms with Crippen LogP contribution in [-0.2, 0) is 51.8 Å². The molecule has 20 heavy (non-hydrogen) atoms. The van der Waals surface area contributed by atoms with E-state index in [2.05, 4.69) is 20.1 Å². The van der Waals surface area contributed by atoms with Crippen molar-refractivity contribution >= 4 is 12.1 Å². The van der Waals surface area contributed by atoms with Gasteiger partial charge in [0, 0.05) is 45.7 Å². The molecule has 0 saturated carbocycles. The monoisotopic (exact) mass is 357 g/mol. The zero-order valence-corrected chi connectivity index (χ0v) is 15.4. The molecule has 0 aromatic heterocycles. The van der Waals surface area contributed by atoms with Gasteiger partial charge >= 0.3 is 0 Å². The number of carbonyl (C=O) groups is 1. The van der Waals surface area contributed by atoms with Crippen LogP contribution in [0, 0.1) is 6.92 Å². The third-order valence-corrected chi connectivity index (χ3v) is 1.86. The Morgan fingerprint density at radius 3 is 2.05 bits per heavy atom. The van der Waals surface area contributed by atoms with E-state index >= 15 is 0 Å². The van der Waals surface area contributed by atoms with E-state index in [0.717, 1.165) is 6.42 Å². The van der Waals surface area contributed by atoms with E-state index in [1.807, 2.05) is 0 Å². The molecule has 113 valence electrons. The average Bonchev–Trinajstić information content (AvgIpc) is 2.38. The molecule has 0 bridgehead atoms. The summed E-state index contributed by atoms with van der Waals surface area (Å²) in [4.78, 5) is 20.4. The maximum atomic E-state index is 11.1. The number of carbonyl (C=O) groups excluding carboxylic acids is 2. The Labute approximate surface area is 147 Å². The minimum atomic E-state index is 0. The number of rotatable bonds is 10. The normalized spacial score (nSPS) is 8.75. The molecule has 0 atom stereocenters. The Morgan fingerprint density at radius 1 is 1.15 bits per heavy atom. The molecule has 0 aliphatic carbocycles. The van der Waals surface area contributed by atoms with Crippen LogP contribution in [0.3, 0.4) is 0 Å². The molecule has 4 nitrogen and oxygen atoms in total. The van der Waals surface area contributed by atoms with E-state index in [1.54, 1.807) is 20.1 Å². The first kappa shape index (κ1) is 24.8. The van der Waals surface area contributed by atoms with Crippen molar-refractivity contribution in [2.24, 2.45) is 0 Å². The quantitative estimate of drug-likeness (QED) is 0.342. The van der Waals surface area contributed by atoms with Crippen LogP contribution in [0.15, 0.2) is 24.3 Å². The van der Waals surface area contributed by atoms with E-state index in [4.69, 9.17) is 9.47 Å². The van der Waals surface area contributed by atoms with E-state index in [0.29, 0.717) is 44.0 Å². The molecule has 0 unspecified atom stereocenters. The number of Topliss-reactive ketones (excluding diaryl/α,β-unsaturated/α-hetero) is 1. The van der Waals surface area contributed by atoms with Crippen LogP contribution in [0.2, 0.25) is 0 Å². The van der Waals surface area contributed by atoms with Gasteiger partial charge in [-0.2, -0.15) is 5.57 Å². The first-order valence-electron chi connectivity index (χ1n) is 6.12. The molecule has 0 aliphatic heterocycles. The second kappa shape index (κ2) is 18.8. The fourth-order valence-electron chi connectivity index (χ4n) is 0.870. The Bertz CT molecular complexity index is 288. The van der Waals surface area contributed by atoms with Crippen LogP contribution in [0.1, 0.15) is 26.7 Å². The molecule has 0 saturated heterocycles. The predicted molar refractivity (Wildman–Crippen MR) is 76.6 cm³/mol. The fourth-order valence-corrected chi connectivity index (χ4v) is 0.870. The smallest absolute Gasteiger partial charge is 0.158 e. The summed E-state index contributed by atoms with van der Waals surface area (Å²) in [5, 5.41) is 0. The van der Waals surface area contributed by atoms with Crippen LogP contribution in [0.5, 0.6) is 0 Å². The van der Waals surface area contributed by atoms with Crippen molar-refractivity contribution in [3.63, 3.8) is 0 Å². The topological polar surface area (TPSA) is 52.6 Å². The Kier molecular flexibility index (Phi) is 23.4. The van der Waals surface area contributed by atoms with Crippen molar-refractivity contribution in [1.29, 1.82) is 0 Å². The van der Waals surface area contributed by atoms with Crippen LogP contribution >= 0.6 is 0 Å². The molecule has 0 rings (SSSR count). The van der Waals surface area contributed by atoms with Gasteiger partial charge in [-0.05, 0) is 25.2 Å². The average molecular weight is 357 g/mol. The molecule has 0 heterocycles. The van der Waals surface area contributed by atoms with Crippen molar-refractivity contribution < 1.29 is 51.8 Å². The van der Waals surface area contributed by atoms with E-state index in [9.17, 15) is 9.59 Å². The molecule has 0 aromatic carbocycles. The summed E-state index contributed by atoms with van der Waals surface area (Å²) in [5.74, 6) is 0.114. The summed E-state index contributed by atoms with van der Waals surface area (Å²) < 4.78 is 10.2.